The second kappa shape index (κ2) is 10.0. The lowest BCUT2D eigenvalue weighted by molar-refractivity contribution is -0.156. The first-order valence-corrected chi connectivity index (χ1v) is 12.4. The number of nitrogens with zero attached hydrogens (tertiary/aromatic N) is 1. The molecule has 0 saturated heterocycles. The van der Waals surface area contributed by atoms with Crippen LogP contribution in [0.4, 0.5) is 0 Å². The van der Waals surface area contributed by atoms with E-state index in [9.17, 15) is 14.9 Å². The van der Waals surface area contributed by atoms with E-state index >= 15 is 0 Å². The van der Waals surface area contributed by atoms with Gasteiger partial charge in [-0.3, -0.25) is 9.59 Å². The number of benzene rings is 2. The maximum atomic E-state index is 12.9. The molecular weight excluding hydrogens is 537 g/mol. The zero-order valence-electron chi connectivity index (χ0n) is 17.5. The van der Waals surface area contributed by atoms with Crippen LogP contribution in [0.1, 0.15) is 48.4 Å². The Kier molecular flexibility index (Phi) is 7.82. The van der Waals surface area contributed by atoms with Crippen LogP contribution >= 0.6 is 50.9 Å². The van der Waals surface area contributed by atoms with Gasteiger partial charge in [-0.15, -0.1) is 0 Å². The Morgan fingerprint density at radius 1 is 1.25 bits per heavy atom. The Bertz CT molecular complexity index is 1100. The van der Waals surface area contributed by atoms with Gasteiger partial charge in [-0.05, 0) is 50.2 Å². The van der Waals surface area contributed by atoms with Crippen molar-refractivity contribution in [2.45, 2.75) is 37.3 Å². The van der Waals surface area contributed by atoms with Crippen LogP contribution in [0.3, 0.4) is 0 Å². The maximum absolute atomic E-state index is 12.9. The molecule has 0 radical (unpaired) electrons. The Morgan fingerprint density at radius 2 is 1.97 bits per heavy atom. The molecule has 5 nitrogen and oxygen atoms in total. The molecule has 0 amide bonds. The standard InChI is InChI=1S/C23H20BrCl2NO4S/c1-12(11-32-22(29)14-5-6-16(25)17(26)9-14)21(28)30-19-15-8-13(10-27)4-7-18(15)31-23(2,3)20(19)24/h4-9,12,19-20H,11H2,1-3H3/t12-,19+,20-/m1/s1. The van der Waals surface area contributed by atoms with E-state index in [0.29, 0.717) is 32.5 Å². The Labute approximate surface area is 209 Å². The van der Waals surface area contributed by atoms with E-state index in [1.165, 1.54) is 6.07 Å². The SMILES string of the molecule is C[C@H](CSC(=O)c1ccc(Cl)c(Cl)c1)C(=O)O[C@H]1c2cc(C#N)ccc2OC(C)(C)[C@@H]1Br. The zero-order valence-corrected chi connectivity index (χ0v) is 21.4. The molecule has 0 N–H and O–H groups in total. The number of carbonyl (C=O) groups excluding carboxylic acids is 2. The summed E-state index contributed by atoms with van der Waals surface area (Å²) >= 11 is 16.5. The topological polar surface area (TPSA) is 76.4 Å². The van der Waals surface area contributed by atoms with Crippen LogP contribution in [0.25, 0.3) is 0 Å². The number of ether oxygens (including phenoxy) is 2. The van der Waals surface area contributed by atoms with Gasteiger partial charge in [0.1, 0.15) is 17.5 Å². The molecule has 9 heteroatoms. The van der Waals surface area contributed by atoms with Gasteiger partial charge >= 0.3 is 5.97 Å². The summed E-state index contributed by atoms with van der Waals surface area (Å²) in [5.74, 6) is -0.179. The molecule has 32 heavy (non-hydrogen) atoms. The van der Waals surface area contributed by atoms with Gasteiger partial charge in [-0.25, -0.2) is 0 Å². The number of alkyl halides is 1. The van der Waals surface area contributed by atoms with Crippen LogP contribution in [-0.2, 0) is 9.53 Å². The highest BCUT2D eigenvalue weighted by Crippen LogP contribution is 2.45. The maximum Gasteiger partial charge on any atom is 0.310 e. The number of hydrogen-bond acceptors (Lipinski definition) is 6. The van der Waals surface area contributed by atoms with Crippen LogP contribution in [-0.4, -0.2) is 27.3 Å². The van der Waals surface area contributed by atoms with Crippen molar-refractivity contribution < 1.29 is 19.1 Å². The van der Waals surface area contributed by atoms with Crippen molar-refractivity contribution in [3.63, 3.8) is 0 Å². The fourth-order valence-corrected chi connectivity index (χ4v) is 4.75. The zero-order chi connectivity index (χ0) is 23.6. The summed E-state index contributed by atoms with van der Waals surface area (Å²) in [6.07, 6.45) is -0.646. The Morgan fingerprint density at radius 3 is 2.62 bits per heavy atom. The van der Waals surface area contributed by atoms with E-state index in [1.54, 1.807) is 37.3 Å². The molecule has 2 aromatic carbocycles. The van der Waals surface area contributed by atoms with Crippen molar-refractivity contribution in [3.8, 4) is 11.8 Å². The minimum absolute atomic E-state index is 0.210. The van der Waals surface area contributed by atoms with E-state index in [-0.39, 0.29) is 15.7 Å². The molecule has 3 rings (SSSR count). The van der Waals surface area contributed by atoms with Gasteiger partial charge < -0.3 is 9.47 Å². The molecule has 3 atom stereocenters. The van der Waals surface area contributed by atoms with E-state index < -0.39 is 23.6 Å². The van der Waals surface area contributed by atoms with E-state index in [0.717, 1.165) is 11.8 Å². The fraction of sp³-hybridized carbons (Fsp3) is 0.348. The number of thioether (sulfide) groups is 1. The van der Waals surface area contributed by atoms with Crippen LogP contribution in [0.15, 0.2) is 36.4 Å². The molecule has 168 valence electrons. The van der Waals surface area contributed by atoms with Crippen LogP contribution in [0.2, 0.25) is 10.0 Å². The molecule has 2 aromatic rings. The second-order valence-electron chi connectivity index (χ2n) is 7.96. The van der Waals surface area contributed by atoms with Crippen molar-refractivity contribution in [2.75, 3.05) is 5.75 Å². The summed E-state index contributed by atoms with van der Waals surface area (Å²) in [7, 11) is 0. The monoisotopic (exact) mass is 555 g/mol. The molecule has 1 heterocycles. The largest absolute Gasteiger partial charge is 0.486 e. The highest BCUT2D eigenvalue weighted by Gasteiger charge is 2.45. The summed E-state index contributed by atoms with van der Waals surface area (Å²) in [4.78, 5) is 25.0. The average molecular weight is 557 g/mol. The lowest BCUT2D eigenvalue weighted by atomic mass is 9.90. The third-order valence-electron chi connectivity index (χ3n) is 5.01. The number of halogens is 3. The Hall–Kier alpha value is -1.72. The number of hydrogen-bond donors (Lipinski definition) is 0. The molecule has 0 aliphatic carbocycles. The highest BCUT2D eigenvalue weighted by atomic mass is 79.9. The predicted octanol–water partition coefficient (Wildman–Crippen LogP) is 6.59. The van der Waals surface area contributed by atoms with Gasteiger partial charge in [-0.1, -0.05) is 57.8 Å². The summed E-state index contributed by atoms with van der Waals surface area (Å²) in [6.45, 7) is 5.49. The van der Waals surface area contributed by atoms with Crippen molar-refractivity contribution in [1.29, 1.82) is 5.26 Å². The van der Waals surface area contributed by atoms with Crippen molar-refractivity contribution in [2.24, 2.45) is 5.92 Å². The molecule has 1 aliphatic heterocycles. The molecule has 0 unspecified atom stereocenters. The van der Waals surface area contributed by atoms with Gasteiger partial charge in [0.15, 0.2) is 0 Å². The van der Waals surface area contributed by atoms with E-state index in [4.69, 9.17) is 32.7 Å². The number of nitriles is 1. The third-order valence-corrected chi connectivity index (χ3v) is 8.50. The summed E-state index contributed by atoms with van der Waals surface area (Å²) in [5, 5.41) is 9.71. The molecule has 0 aromatic heterocycles. The van der Waals surface area contributed by atoms with Gasteiger partial charge in [0.05, 0.1) is 32.4 Å². The summed E-state index contributed by atoms with van der Waals surface area (Å²) < 4.78 is 11.9. The summed E-state index contributed by atoms with van der Waals surface area (Å²) in [5.41, 5.74) is 0.845. The lowest BCUT2D eigenvalue weighted by Crippen LogP contribution is -2.47. The number of fused-ring (bicyclic) bond motifs is 1. The fourth-order valence-electron chi connectivity index (χ4n) is 3.13. The normalized spacial score (nSPS) is 19.8. The third kappa shape index (κ3) is 5.43. The summed E-state index contributed by atoms with van der Waals surface area (Å²) in [6, 6.07) is 11.8. The minimum Gasteiger partial charge on any atom is -0.486 e. The van der Waals surface area contributed by atoms with Gasteiger partial charge in [0, 0.05) is 16.9 Å². The van der Waals surface area contributed by atoms with Gasteiger partial charge in [0.2, 0.25) is 5.12 Å². The van der Waals surface area contributed by atoms with Crippen molar-refractivity contribution in [3.05, 3.63) is 63.1 Å². The Balaban J connectivity index is 1.70. The predicted molar refractivity (Wildman–Crippen MR) is 130 cm³/mol. The smallest absolute Gasteiger partial charge is 0.310 e. The second-order valence-corrected chi connectivity index (χ2v) is 10.8. The van der Waals surface area contributed by atoms with Crippen LogP contribution in [0, 0.1) is 17.2 Å². The van der Waals surface area contributed by atoms with Crippen LogP contribution < -0.4 is 4.74 Å². The lowest BCUT2D eigenvalue weighted by Gasteiger charge is -2.41. The molecule has 0 bridgehead atoms. The van der Waals surface area contributed by atoms with Gasteiger partial charge in [0.25, 0.3) is 0 Å². The highest BCUT2D eigenvalue weighted by molar-refractivity contribution is 9.09. The molecule has 0 saturated carbocycles. The first-order chi connectivity index (χ1) is 15.0. The van der Waals surface area contributed by atoms with E-state index in [1.807, 2.05) is 13.8 Å². The first kappa shape index (κ1) is 24.9. The van der Waals surface area contributed by atoms with Crippen molar-refractivity contribution in [1.82, 2.24) is 0 Å². The van der Waals surface area contributed by atoms with E-state index in [2.05, 4.69) is 22.0 Å². The number of carbonyl (C=O) groups is 2. The molecule has 0 spiro atoms. The number of rotatable bonds is 5. The average Bonchev–Trinajstić information content (AvgIpc) is 2.76. The molecule has 1 aliphatic rings. The molecular formula is C23H20BrCl2NO4S. The van der Waals surface area contributed by atoms with Crippen LogP contribution in [0.5, 0.6) is 5.75 Å². The molecule has 0 fully saturated rings. The van der Waals surface area contributed by atoms with Gasteiger partial charge in [-0.2, -0.15) is 5.26 Å². The van der Waals surface area contributed by atoms with Crippen molar-refractivity contribution >= 4 is 62.0 Å². The minimum atomic E-state index is -0.646. The first-order valence-electron chi connectivity index (χ1n) is 9.73. The quantitative estimate of drug-likeness (QED) is 0.305. The number of esters is 1.